The lowest BCUT2D eigenvalue weighted by atomic mass is 9.95. The molecule has 1 heterocycles. The van der Waals surface area contributed by atoms with Crippen LogP contribution in [0.3, 0.4) is 0 Å². The van der Waals surface area contributed by atoms with Crippen LogP contribution in [0.2, 0.25) is 0 Å². The number of anilines is 1. The molecule has 1 saturated heterocycles. The Hall–Kier alpha value is -3.02. The van der Waals surface area contributed by atoms with Gasteiger partial charge in [0.05, 0.1) is 18.4 Å². The largest absolute Gasteiger partial charge is 0.507 e. The van der Waals surface area contributed by atoms with Crippen LogP contribution in [0.25, 0.3) is 0 Å². The summed E-state index contributed by atoms with van der Waals surface area (Å²) in [5, 5.41) is 12.9. The SMILES string of the molecule is COc1ccccc1NC(=O)C1CCN(C(=O)c2ccc(C)cc2O)CC1. The first-order valence-electron chi connectivity index (χ1n) is 9.02. The summed E-state index contributed by atoms with van der Waals surface area (Å²) in [5.41, 5.74) is 1.85. The summed E-state index contributed by atoms with van der Waals surface area (Å²) in [6.07, 6.45) is 1.17. The van der Waals surface area contributed by atoms with Crippen LogP contribution in [0.4, 0.5) is 5.69 Å². The number of carbonyl (C=O) groups excluding carboxylic acids is 2. The number of methoxy groups -OCH3 is 1. The molecule has 2 aromatic rings. The molecule has 1 aliphatic heterocycles. The van der Waals surface area contributed by atoms with Crippen LogP contribution < -0.4 is 10.1 Å². The van der Waals surface area contributed by atoms with Crippen molar-refractivity contribution in [2.45, 2.75) is 19.8 Å². The van der Waals surface area contributed by atoms with Crippen LogP contribution in [0.15, 0.2) is 42.5 Å². The molecule has 0 radical (unpaired) electrons. The lowest BCUT2D eigenvalue weighted by molar-refractivity contribution is -0.121. The monoisotopic (exact) mass is 368 g/mol. The molecule has 6 nitrogen and oxygen atoms in total. The molecule has 0 atom stereocenters. The fourth-order valence-electron chi connectivity index (χ4n) is 3.32. The van der Waals surface area contributed by atoms with Crippen molar-refractivity contribution < 1.29 is 19.4 Å². The van der Waals surface area contributed by atoms with Crippen LogP contribution >= 0.6 is 0 Å². The van der Waals surface area contributed by atoms with E-state index in [4.69, 9.17) is 4.74 Å². The minimum absolute atomic E-state index is 0.00367. The van der Waals surface area contributed by atoms with E-state index in [1.54, 1.807) is 42.3 Å². The Morgan fingerprint density at radius 1 is 1.15 bits per heavy atom. The molecule has 2 N–H and O–H groups in total. The van der Waals surface area contributed by atoms with Crippen LogP contribution in [-0.4, -0.2) is 42.0 Å². The highest BCUT2D eigenvalue weighted by molar-refractivity contribution is 5.97. The van der Waals surface area contributed by atoms with E-state index in [0.717, 1.165) is 5.56 Å². The molecule has 0 aliphatic carbocycles. The standard InChI is InChI=1S/C21H24N2O4/c1-14-7-8-16(18(24)13-14)21(26)23-11-9-15(10-12-23)20(25)22-17-5-3-4-6-19(17)27-2/h3-8,13,15,24H,9-12H2,1-2H3,(H,22,25). The molecule has 1 fully saturated rings. The highest BCUT2D eigenvalue weighted by Gasteiger charge is 2.29. The number of carbonyl (C=O) groups is 2. The van der Waals surface area contributed by atoms with E-state index in [1.165, 1.54) is 0 Å². The molecule has 0 spiro atoms. The Labute approximate surface area is 158 Å². The van der Waals surface area contributed by atoms with Gasteiger partial charge in [0, 0.05) is 19.0 Å². The maximum absolute atomic E-state index is 12.6. The van der Waals surface area contributed by atoms with Crippen molar-refractivity contribution in [1.29, 1.82) is 0 Å². The average molecular weight is 368 g/mol. The second-order valence-corrected chi connectivity index (χ2v) is 6.78. The fraction of sp³-hybridized carbons (Fsp3) is 0.333. The topological polar surface area (TPSA) is 78.9 Å². The fourth-order valence-corrected chi connectivity index (χ4v) is 3.32. The summed E-state index contributed by atoms with van der Waals surface area (Å²) in [7, 11) is 1.57. The quantitative estimate of drug-likeness (QED) is 0.869. The summed E-state index contributed by atoms with van der Waals surface area (Å²) < 4.78 is 5.26. The molecule has 2 aromatic carbocycles. The Morgan fingerprint density at radius 3 is 2.52 bits per heavy atom. The molecular weight excluding hydrogens is 344 g/mol. The third kappa shape index (κ3) is 4.22. The number of ether oxygens (including phenoxy) is 1. The van der Waals surface area contributed by atoms with Gasteiger partial charge in [0.1, 0.15) is 11.5 Å². The van der Waals surface area contributed by atoms with Crippen LogP contribution in [0.1, 0.15) is 28.8 Å². The minimum Gasteiger partial charge on any atom is -0.507 e. The molecule has 0 aromatic heterocycles. The molecule has 0 unspecified atom stereocenters. The van der Waals surface area contributed by atoms with E-state index in [0.29, 0.717) is 42.9 Å². The number of phenolic OH excluding ortho intramolecular Hbond substituents is 1. The maximum atomic E-state index is 12.6. The molecule has 3 rings (SSSR count). The molecule has 0 bridgehead atoms. The molecular formula is C21H24N2O4. The Kier molecular flexibility index (Phi) is 5.64. The lowest BCUT2D eigenvalue weighted by Gasteiger charge is -2.31. The third-order valence-electron chi connectivity index (χ3n) is 4.90. The van der Waals surface area contributed by atoms with E-state index in [1.807, 2.05) is 19.1 Å². The predicted octanol–water partition coefficient (Wildman–Crippen LogP) is 3.20. The van der Waals surface area contributed by atoms with Crippen molar-refractivity contribution in [3.05, 3.63) is 53.6 Å². The van der Waals surface area contributed by atoms with Gasteiger partial charge < -0.3 is 20.1 Å². The van der Waals surface area contributed by atoms with Crippen LogP contribution in [0, 0.1) is 12.8 Å². The normalized spacial score (nSPS) is 14.7. The van der Waals surface area contributed by atoms with E-state index < -0.39 is 0 Å². The van der Waals surface area contributed by atoms with Gasteiger partial charge in [-0.2, -0.15) is 0 Å². The number of phenols is 1. The van der Waals surface area contributed by atoms with Crippen molar-refractivity contribution in [1.82, 2.24) is 4.90 Å². The second kappa shape index (κ2) is 8.12. The Morgan fingerprint density at radius 2 is 1.85 bits per heavy atom. The summed E-state index contributed by atoms with van der Waals surface area (Å²) in [4.78, 5) is 26.9. The number of rotatable bonds is 4. The van der Waals surface area contributed by atoms with Crippen LogP contribution in [-0.2, 0) is 4.79 Å². The molecule has 6 heteroatoms. The zero-order valence-corrected chi connectivity index (χ0v) is 15.6. The smallest absolute Gasteiger partial charge is 0.257 e. The Balaban J connectivity index is 1.59. The van der Waals surface area contributed by atoms with Crippen molar-refractivity contribution in [3.8, 4) is 11.5 Å². The zero-order valence-electron chi connectivity index (χ0n) is 15.6. The number of aryl methyl sites for hydroxylation is 1. The predicted molar refractivity (Wildman–Crippen MR) is 103 cm³/mol. The number of benzene rings is 2. The molecule has 1 aliphatic rings. The summed E-state index contributed by atoms with van der Waals surface area (Å²) in [6.45, 7) is 2.83. The molecule has 142 valence electrons. The zero-order chi connectivity index (χ0) is 19.4. The van der Waals surface area contributed by atoms with Gasteiger partial charge >= 0.3 is 0 Å². The number of nitrogens with one attached hydrogen (secondary N) is 1. The van der Waals surface area contributed by atoms with Gasteiger partial charge in [-0.3, -0.25) is 9.59 Å². The average Bonchev–Trinajstić information content (AvgIpc) is 2.68. The molecule has 2 amide bonds. The van der Waals surface area contributed by atoms with Crippen molar-refractivity contribution >= 4 is 17.5 Å². The minimum atomic E-state index is -0.198. The van der Waals surface area contributed by atoms with Gasteiger partial charge in [-0.15, -0.1) is 0 Å². The maximum Gasteiger partial charge on any atom is 0.257 e. The number of amides is 2. The first-order chi connectivity index (χ1) is 13.0. The highest BCUT2D eigenvalue weighted by atomic mass is 16.5. The van der Waals surface area contributed by atoms with E-state index in [2.05, 4.69) is 5.32 Å². The second-order valence-electron chi connectivity index (χ2n) is 6.78. The van der Waals surface area contributed by atoms with Gasteiger partial charge in [-0.05, 0) is 49.6 Å². The van der Waals surface area contributed by atoms with Crippen molar-refractivity contribution in [2.75, 3.05) is 25.5 Å². The number of para-hydroxylation sites is 2. The first kappa shape index (κ1) is 18.8. The van der Waals surface area contributed by atoms with E-state index in [-0.39, 0.29) is 23.5 Å². The summed E-state index contributed by atoms with van der Waals surface area (Å²) in [5.74, 6) is 0.191. The van der Waals surface area contributed by atoms with Gasteiger partial charge in [0.25, 0.3) is 5.91 Å². The van der Waals surface area contributed by atoms with Gasteiger partial charge in [-0.25, -0.2) is 0 Å². The van der Waals surface area contributed by atoms with E-state index >= 15 is 0 Å². The third-order valence-corrected chi connectivity index (χ3v) is 4.90. The van der Waals surface area contributed by atoms with Crippen molar-refractivity contribution in [3.63, 3.8) is 0 Å². The number of nitrogens with zero attached hydrogens (tertiary/aromatic N) is 1. The van der Waals surface area contributed by atoms with Gasteiger partial charge in [-0.1, -0.05) is 18.2 Å². The van der Waals surface area contributed by atoms with Gasteiger partial charge in [0.15, 0.2) is 0 Å². The number of hydrogen-bond acceptors (Lipinski definition) is 4. The molecule has 27 heavy (non-hydrogen) atoms. The van der Waals surface area contributed by atoms with E-state index in [9.17, 15) is 14.7 Å². The van der Waals surface area contributed by atoms with Gasteiger partial charge in [0.2, 0.25) is 5.91 Å². The number of likely N-dealkylation sites (tertiary alicyclic amines) is 1. The number of aromatic hydroxyl groups is 1. The highest BCUT2D eigenvalue weighted by Crippen LogP contribution is 2.27. The lowest BCUT2D eigenvalue weighted by Crippen LogP contribution is -2.41. The number of piperidine rings is 1. The Bertz CT molecular complexity index is 842. The van der Waals surface area contributed by atoms with Crippen molar-refractivity contribution in [2.24, 2.45) is 5.92 Å². The number of hydrogen-bond donors (Lipinski definition) is 2. The molecule has 0 saturated carbocycles. The summed E-state index contributed by atoms with van der Waals surface area (Å²) in [6, 6.07) is 12.3. The summed E-state index contributed by atoms with van der Waals surface area (Å²) >= 11 is 0. The van der Waals surface area contributed by atoms with Crippen LogP contribution in [0.5, 0.6) is 11.5 Å². The first-order valence-corrected chi connectivity index (χ1v) is 9.02.